The fourth-order valence-corrected chi connectivity index (χ4v) is 4.09. The van der Waals surface area contributed by atoms with Crippen molar-refractivity contribution in [2.24, 2.45) is 0 Å². The predicted octanol–water partition coefficient (Wildman–Crippen LogP) is 5.47. The van der Waals surface area contributed by atoms with Crippen LogP contribution in [0.25, 0.3) is 11.1 Å². The van der Waals surface area contributed by atoms with Crippen LogP contribution in [0.3, 0.4) is 0 Å². The summed E-state index contributed by atoms with van der Waals surface area (Å²) >= 11 is 12.0. The average Bonchev–Trinajstić information content (AvgIpc) is 3.07. The Bertz CT molecular complexity index is 1140. The van der Waals surface area contributed by atoms with Crippen LogP contribution < -0.4 is 11.1 Å². The van der Waals surface area contributed by atoms with Crippen molar-refractivity contribution >= 4 is 35.0 Å². The minimum Gasteiger partial charge on any atom is -0.449 e. The Morgan fingerprint density at radius 2 is 1.67 bits per heavy atom. The van der Waals surface area contributed by atoms with Crippen molar-refractivity contribution in [1.29, 1.82) is 0 Å². The summed E-state index contributed by atoms with van der Waals surface area (Å²) in [6.07, 6.45) is -0.525. The molecular formula is C24H18Cl2N2O2. The number of ether oxygens (including phenoxy) is 1. The third kappa shape index (κ3) is 4.09. The standard InChI is InChI=1S/C24H18Cl2N2O2/c25-16-12-15(23(27)22(26)13-16)6-5-11-28-24(29)30-14-21-19-9-3-1-7-17(19)18-8-2-4-10-20(18)21/h1-4,7-10,12-13,21H,11,14,27H2,(H,28,29). The molecule has 0 saturated carbocycles. The topological polar surface area (TPSA) is 64.3 Å². The summed E-state index contributed by atoms with van der Waals surface area (Å²) in [5, 5.41) is 3.42. The van der Waals surface area contributed by atoms with Crippen molar-refractivity contribution in [1.82, 2.24) is 5.32 Å². The van der Waals surface area contributed by atoms with Crippen LogP contribution in [-0.4, -0.2) is 19.2 Å². The van der Waals surface area contributed by atoms with E-state index >= 15 is 0 Å². The van der Waals surface area contributed by atoms with Crippen LogP contribution in [0.2, 0.25) is 10.0 Å². The molecule has 150 valence electrons. The zero-order valence-electron chi connectivity index (χ0n) is 15.9. The van der Waals surface area contributed by atoms with Gasteiger partial charge in [-0.1, -0.05) is 83.6 Å². The molecule has 0 aliphatic heterocycles. The van der Waals surface area contributed by atoms with Crippen molar-refractivity contribution in [3.8, 4) is 23.0 Å². The van der Waals surface area contributed by atoms with E-state index in [1.54, 1.807) is 12.1 Å². The maximum absolute atomic E-state index is 12.1. The van der Waals surface area contributed by atoms with Crippen molar-refractivity contribution < 1.29 is 9.53 Å². The van der Waals surface area contributed by atoms with E-state index in [2.05, 4.69) is 41.4 Å². The number of nitrogens with two attached hydrogens (primary N) is 1. The Balaban J connectivity index is 1.37. The normalized spacial score (nSPS) is 11.8. The monoisotopic (exact) mass is 436 g/mol. The number of fused-ring (bicyclic) bond motifs is 3. The Morgan fingerprint density at radius 1 is 1.03 bits per heavy atom. The van der Waals surface area contributed by atoms with Gasteiger partial charge in [0.05, 0.1) is 22.8 Å². The smallest absolute Gasteiger partial charge is 0.407 e. The molecule has 3 aromatic rings. The van der Waals surface area contributed by atoms with E-state index in [0.717, 1.165) is 0 Å². The van der Waals surface area contributed by atoms with Gasteiger partial charge < -0.3 is 15.8 Å². The number of hydrogen-bond acceptors (Lipinski definition) is 3. The summed E-state index contributed by atoms with van der Waals surface area (Å²) in [5.74, 6) is 5.70. The van der Waals surface area contributed by atoms with E-state index in [4.69, 9.17) is 33.7 Å². The zero-order valence-corrected chi connectivity index (χ0v) is 17.4. The molecule has 4 rings (SSSR count). The van der Waals surface area contributed by atoms with Gasteiger partial charge in [-0.05, 0) is 34.4 Å². The number of rotatable bonds is 3. The third-order valence-corrected chi connectivity index (χ3v) is 5.51. The molecule has 0 atom stereocenters. The van der Waals surface area contributed by atoms with E-state index in [9.17, 15) is 4.79 Å². The molecule has 6 heteroatoms. The maximum atomic E-state index is 12.1. The third-order valence-electron chi connectivity index (χ3n) is 4.98. The minimum atomic E-state index is -0.525. The largest absolute Gasteiger partial charge is 0.449 e. The molecule has 3 N–H and O–H groups in total. The number of anilines is 1. The van der Waals surface area contributed by atoms with Crippen molar-refractivity contribution in [3.05, 3.63) is 87.4 Å². The number of carbonyl (C=O) groups excluding carboxylic acids is 1. The number of alkyl carbamates (subject to hydrolysis) is 1. The van der Waals surface area contributed by atoms with E-state index in [-0.39, 0.29) is 19.1 Å². The molecule has 3 aromatic carbocycles. The van der Waals surface area contributed by atoms with Crippen LogP contribution >= 0.6 is 23.2 Å². The number of halogens is 2. The van der Waals surface area contributed by atoms with Gasteiger partial charge in [0.1, 0.15) is 6.61 Å². The maximum Gasteiger partial charge on any atom is 0.407 e. The fourth-order valence-electron chi connectivity index (χ4n) is 3.59. The summed E-state index contributed by atoms with van der Waals surface area (Å²) in [4.78, 5) is 12.1. The van der Waals surface area contributed by atoms with Gasteiger partial charge in [0, 0.05) is 10.9 Å². The average molecular weight is 437 g/mol. The van der Waals surface area contributed by atoms with Crippen molar-refractivity contribution in [3.63, 3.8) is 0 Å². The first-order valence-electron chi connectivity index (χ1n) is 9.37. The molecule has 0 bridgehead atoms. The van der Waals surface area contributed by atoms with Crippen LogP contribution in [0.5, 0.6) is 0 Å². The molecule has 0 unspecified atom stereocenters. The highest BCUT2D eigenvalue weighted by Gasteiger charge is 2.28. The predicted molar refractivity (Wildman–Crippen MR) is 121 cm³/mol. The Kier molecular flexibility index (Phi) is 5.85. The number of nitrogens with one attached hydrogen (secondary N) is 1. The second kappa shape index (κ2) is 8.71. The summed E-state index contributed by atoms with van der Waals surface area (Å²) in [7, 11) is 0. The number of amides is 1. The number of benzene rings is 3. The Morgan fingerprint density at radius 3 is 2.33 bits per heavy atom. The number of carbonyl (C=O) groups is 1. The van der Waals surface area contributed by atoms with E-state index < -0.39 is 6.09 Å². The number of nitrogen functional groups attached to an aromatic ring is 1. The molecule has 30 heavy (non-hydrogen) atoms. The van der Waals surface area contributed by atoms with Gasteiger partial charge in [-0.15, -0.1) is 0 Å². The molecule has 0 saturated heterocycles. The van der Waals surface area contributed by atoms with Gasteiger partial charge in [0.2, 0.25) is 0 Å². The molecule has 0 fully saturated rings. The first-order valence-corrected chi connectivity index (χ1v) is 10.1. The van der Waals surface area contributed by atoms with Crippen molar-refractivity contribution in [2.75, 3.05) is 18.9 Å². The van der Waals surface area contributed by atoms with Crippen LogP contribution in [0.1, 0.15) is 22.6 Å². The van der Waals surface area contributed by atoms with Crippen LogP contribution in [0.15, 0.2) is 60.7 Å². The Hall–Kier alpha value is -3.13. The highest BCUT2D eigenvalue weighted by atomic mass is 35.5. The van der Waals surface area contributed by atoms with Gasteiger partial charge in [0.25, 0.3) is 0 Å². The summed E-state index contributed by atoms with van der Waals surface area (Å²) in [6, 6.07) is 19.6. The molecule has 0 spiro atoms. The van der Waals surface area contributed by atoms with E-state index in [1.165, 1.54) is 22.3 Å². The number of hydrogen-bond donors (Lipinski definition) is 2. The SMILES string of the molecule is Nc1c(Cl)cc(Cl)cc1C#CCNC(=O)OCC1c2ccccc2-c2ccccc21. The lowest BCUT2D eigenvalue weighted by Gasteiger charge is -2.14. The molecule has 1 aliphatic rings. The molecular weight excluding hydrogens is 419 g/mol. The Labute approximate surface area is 184 Å². The molecule has 0 radical (unpaired) electrons. The summed E-state index contributed by atoms with van der Waals surface area (Å²) in [6.45, 7) is 0.365. The van der Waals surface area contributed by atoms with Crippen LogP contribution in [0, 0.1) is 11.8 Å². The lowest BCUT2D eigenvalue weighted by molar-refractivity contribution is 0.144. The zero-order chi connectivity index (χ0) is 21.1. The second-order valence-corrected chi connectivity index (χ2v) is 7.67. The minimum absolute atomic E-state index is 0.0163. The van der Waals surface area contributed by atoms with Crippen LogP contribution in [-0.2, 0) is 4.74 Å². The van der Waals surface area contributed by atoms with E-state index in [0.29, 0.717) is 21.3 Å². The van der Waals surface area contributed by atoms with Gasteiger partial charge >= 0.3 is 6.09 Å². The van der Waals surface area contributed by atoms with Gasteiger partial charge in [-0.3, -0.25) is 0 Å². The summed E-state index contributed by atoms with van der Waals surface area (Å²) < 4.78 is 5.47. The quantitative estimate of drug-likeness (QED) is 0.422. The molecule has 1 aliphatic carbocycles. The first kappa shape index (κ1) is 20.2. The van der Waals surface area contributed by atoms with Crippen LogP contribution in [0.4, 0.5) is 10.5 Å². The van der Waals surface area contributed by atoms with Gasteiger partial charge in [-0.2, -0.15) is 0 Å². The highest BCUT2D eigenvalue weighted by molar-refractivity contribution is 6.36. The molecule has 0 heterocycles. The lowest BCUT2D eigenvalue weighted by Crippen LogP contribution is -2.26. The van der Waals surface area contributed by atoms with Gasteiger partial charge in [0.15, 0.2) is 0 Å². The lowest BCUT2D eigenvalue weighted by atomic mass is 9.98. The second-order valence-electron chi connectivity index (χ2n) is 6.83. The molecule has 0 aromatic heterocycles. The fraction of sp³-hybridized carbons (Fsp3) is 0.125. The molecule has 1 amide bonds. The van der Waals surface area contributed by atoms with Gasteiger partial charge in [-0.25, -0.2) is 4.79 Å². The first-order chi connectivity index (χ1) is 14.5. The highest BCUT2D eigenvalue weighted by Crippen LogP contribution is 2.44. The van der Waals surface area contributed by atoms with Crippen molar-refractivity contribution in [2.45, 2.75) is 5.92 Å². The van der Waals surface area contributed by atoms with E-state index in [1.807, 2.05) is 24.3 Å². The molecule has 4 nitrogen and oxygen atoms in total. The summed E-state index contributed by atoms with van der Waals surface area (Å²) in [5.41, 5.74) is 11.5.